The van der Waals surface area contributed by atoms with Crippen molar-refractivity contribution in [3.63, 3.8) is 0 Å². The summed E-state index contributed by atoms with van der Waals surface area (Å²) in [6.45, 7) is 1.74. The number of aromatic nitrogens is 2. The summed E-state index contributed by atoms with van der Waals surface area (Å²) >= 11 is 0. The van der Waals surface area contributed by atoms with Crippen molar-refractivity contribution in [1.82, 2.24) is 14.5 Å². The Bertz CT molecular complexity index is 898. The van der Waals surface area contributed by atoms with Crippen molar-refractivity contribution in [1.29, 1.82) is 0 Å². The average molecular weight is 394 g/mol. The second-order valence-electron chi connectivity index (χ2n) is 8.31. The first-order valence-corrected chi connectivity index (χ1v) is 10.5. The molecule has 7 heteroatoms. The second-order valence-corrected chi connectivity index (χ2v) is 8.31. The number of para-hydroxylation sites is 1. The maximum Gasteiger partial charge on any atom is 0.255 e. The van der Waals surface area contributed by atoms with E-state index in [2.05, 4.69) is 10.3 Å². The molecule has 29 heavy (non-hydrogen) atoms. The molecule has 5 rings (SSSR count). The molecule has 0 radical (unpaired) electrons. The minimum absolute atomic E-state index is 0.150. The van der Waals surface area contributed by atoms with Gasteiger partial charge in [-0.1, -0.05) is 24.6 Å². The first-order valence-electron chi connectivity index (χ1n) is 10.5. The van der Waals surface area contributed by atoms with Crippen molar-refractivity contribution >= 4 is 17.5 Å². The fourth-order valence-electron chi connectivity index (χ4n) is 4.62. The number of hydrogen-bond donors (Lipinski definition) is 1. The van der Waals surface area contributed by atoms with E-state index in [1.54, 1.807) is 6.20 Å². The quantitative estimate of drug-likeness (QED) is 0.868. The normalized spacial score (nSPS) is 23.3. The standard InChI is InChI=1S/C22H26N4O3/c27-19(24-17-7-2-1-3-8-17)18-15-26-14-11-23-21(26)22(29-18)9-12-25(13-10-22)20(28)16-5-4-6-16/h1-3,7-8,11,14,16,18H,4-6,9-10,12-13,15H2,(H,24,27). The van der Waals surface area contributed by atoms with Gasteiger partial charge in [-0.15, -0.1) is 0 Å². The monoisotopic (exact) mass is 394 g/mol. The molecule has 1 atom stereocenters. The number of hydrogen-bond acceptors (Lipinski definition) is 4. The van der Waals surface area contributed by atoms with Crippen LogP contribution in [0.2, 0.25) is 0 Å². The third-order valence-electron chi connectivity index (χ3n) is 6.52. The highest BCUT2D eigenvalue weighted by Gasteiger charge is 2.48. The maximum absolute atomic E-state index is 12.9. The zero-order valence-electron chi connectivity index (χ0n) is 16.4. The van der Waals surface area contributed by atoms with Crippen LogP contribution in [0.25, 0.3) is 0 Å². The third kappa shape index (κ3) is 3.33. The van der Waals surface area contributed by atoms with E-state index < -0.39 is 11.7 Å². The van der Waals surface area contributed by atoms with Crippen LogP contribution in [0.15, 0.2) is 42.7 Å². The van der Waals surface area contributed by atoms with Crippen molar-refractivity contribution in [2.75, 3.05) is 18.4 Å². The van der Waals surface area contributed by atoms with E-state index in [9.17, 15) is 9.59 Å². The minimum atomic E-state index is -0.614. The number of carbonyl (C=O) groups is 2. The lowest BCUT2D eigenvalue weighted by Crippen LogP contribution is -2.54. The van der Waals surface area contributed by atoms with E-state index in [-0.39, 0.29) is 17.7 Å². The van der Waals surface area contributed by atoms with E-state index in [1.807, 2.05) is 46.0 Å². The summed E-state index contributed by atoms with van der Waals surface area (Å²) in [6.07, 6.45) is 7.61. The van der Waals surface area contributed by atoms with Gasteiger partial charge in [0, 0.05) is 49.9 Å². The Morgan fingerprint density at radius 1 is 1.14 bits per heavy atom. The van der Waals surface area contributed by atoms with E-state index in [1.165, 1.54) is 0 Å². The van der Waals surface area contributed by atoms with E-state index in [0.717, 1.165) is 30.8 Å². The molecule has 3 aliphatic rings. The van der Waals surface area contributed by atoms with Crippen LogP contribution in [0, 0.1) is 5.92 Å². The summed E-state index contributed by atoms with van der Waals surface area (Å²) in [5.74, 6) is 1.21. The number of piperidine rings is 1. The van der Waals surface area contributed by atoms with Crippen LogP contribution < -0.4 is 5.32 Å². The van der Waals surface area contributed by atoms with Crippen LogP contribution in [0.4, 0.5) is 5.69 Å². The Kier molecular flexibility index (Phi) is 4.62. The number of ether oxygens (including phenoxy) is 1. The lowest BCUT2D eigenvalue weighted by Gasteiger charge is -2.46. The van der Waals surface area contributed by atoms with E-state index in [4.69, 9.17) is 4.74 Å². The van der Waals surface area contributed by atoms with Gasteiger partial charge >= 0.3 is 0 Å². The molecule has 1 aromatic heterocycles. The Balaban J connectivity index is 1.32. The number of amides is 2. The molecular formula is C22H26N4O3. The van der Waals surface area contributed by atoms with E-state index >= 15 is 0 Å². The number of rotatable bonds is 3. The highest BCUT2D eigenvalue weighted by Crippen LogP contribution is 2.41. The molecule has 2 fully saturated rings. The number of likely N-dealkylation sites (tertiary alicyclic amines) is 1. The van der Waals surface area contributed by atoms with Gasteiger partial charge in [-0.05, 0) is 25.0 Å². The predicted molar refractivity (Wildman–Crippen MR) is 107 cm³/mol. The van der Waals surface area contributed by atoms with Gasteiger partial charge in [0.2, 0.25) is 5.91 Å². The zero-order chi connectivity index (χ0) is 19.8. The summed E-state index contributed by atoms with van der Waals surface area (Å²) in [4.78, 5) is 32.0. The zero-order valence-corrected chi connectivity index (χ0v) is 16.4. The first kappa shape index (κ1) is 18.4. The molecule has 1 spiro atoms. The van der Waals surface area contributed by atoms with Gasteiger partial charge in [-0.25, -0.2) is 4.98 Å². The van der Waals surface area contributed by atoms with Crippen molar-refractivity contribution < 1.29 is 14.3 Å². The molecule has 152 valence electrons. The summed E-state index contributed by atoms with van der Waals surface area (Å²) < 4.78 is 8.46. The molecule has 2 aromatic rings. The molecular weight excluding hydrogens is 368 g/mol. The topological polar surface area (TPSA) is 76.5 Å². The number of imidazole rings is 1. The van der Waals surface area contributed by atoms with Crippen molar-refractivity contribution in [3.8, 4) is 0 Å². The van der Waals surface area contributed by atoms with Gasteiger partial charge < -0.3 is 19.5 Å². The molecule has 1 aromatic carbocycles. The van der Waals surface area contributed by atoms with Gasteiger partial charge in [-0.2, -0.15) is 0 Å². The Morgan fingerprint density at radius 2 is 1.90 bits per heavy atom. The molecule has 1 unspecified atom stereocenters. The van der Waals surface area contributed by atoms with Crippen LogP contribution in [0.5, 0.6) is 0 Å². The number of nitrogens with one attached hydrogen (secondary N) is 1. The van der Waals surface area contributed by atoms with Crippen LogP contribution in [0.1, 0.15) is 37.9 Å². The van der Waals surface area contributed by atoms with Gasteiger partial charge in [0.05, 0.1) is 6.54 Å². The molecule has 3 heterocycles. The molecule has 1 N–H and O–H groups in total. The van der Waals surface area contributed by atoms with E-state index in [0.29, 0.717) is 32.5 Å². The fraction of sp³-hybridized carbons (Fsp3) is 0.500. The predicted octanol–water partition coefficient (Wildman–Crippen LogP) is 2.54. The number of anilines is 1. The maximum atomic E-state index is 12.9. The summed E-state index contributed by atoms with van der Waals surface area (Å²) in [6, 6.07) is 9.43. The van der Waals surface area contributed by atoms with Gasteiger partial charge in [0.25, 0.3) is 5.91 Å². The van der Waals surface area contributed by atoms with Gasteiger partial charge in [-0.3, -0.25) is 9.59 Å². The molecule has 1 saturated heterocycles. The summed E-state index contributed by atoms with van der Waals surface area (Å²) in [5.41, 5.74) is 0.143. The smallest absolute Gasteiger partial charge is 0.255 e. The number of benzene rings is 1. The number of nitrogens with zero attached hydrogens (tertiary/aromatic N) is 3. The number of fused-ring (bicyclic) bond motifs is 2. The molecule has 7 nitrogen and oxygen atoms in total. The highest BCUT2D eigenvalue weighted by molar-refractivity contribution is 5.94. The average Bonchev–Trinajstić information content (AvgIpc) is 3.18. The molecule has 1 saturated carbocycles. The highest BCUT2D eigenvalue weighted by atomic mass is 16.5. The van der Waals surface area contributed by atoms with Crippen molar-refractivity contribution in [2.45, 2.75) is 50.4 Å². The van der Waals surface area contributed by atoms with Crippen LogP contribution in [-0.2, 0) is 26.5 Å². The lowest BCUT2D eigenvalue weighted by molar-refractivity contribution is -0.174. The van der Waals surface area contributed by atoms with Gasteiger partial charge in [0.15, 0.2) is 6.10 Å². The molecule has 2 aliphatic heterocycles. The SMILES string of the molecule is O=C(Nc1ccccc1)C1Cn2ccnc2C2(CCN(C(=O)C3CCC3)CC2)O1. The Hall–Kier alpha value is -2.67. The molecule has 2 amide bonds. The lowest BCUT2D eigenvalue weighted by atomic mass is 9.82. The van der Waals surface area contributed by atoms with Gasteiger partial charge in [0.1, 0.15) is 11.4 Å². The third-order valence-corrected chi connectivity index (χ3v) is 6.52. The fourth-order valence-corrected chi connectivity index (χ4v) is 4.62. The Morgan fingerprint density at radius 3 is 2.59 bits per heavy atom. The number of carbonyl (C=O) groups excluding carboxylic acids is 2. The van der Waals surface area contributed by atoms with Crippen LogP contribution in [0.3, 0.4) is 0 Å². The second kappa shape index (κ2) is 7.30. The largest absolute Gasteiger partial charge is 0.352 e. The van der Waals surface area contributed by atoms with Crippen LogP contribution in [-0.4, -0.2) is 45.5 Å². The van der Waals surface area contributed by atoms with Crippen molar-refractivity contribution in [3.05, 3.63) is 48.5 Å². The summed E-state index contributed by atoms with van der Waals surface area (Å²) in [5, 5.41) is 2.95. The molecule has 0 bridgehead atoms. The minimum Gasteiger partial charge on any atom is -0.352 e. The van der Waals surface area contributed by atoms with Crippen LogP contribution >= 0.6 is 0 Å². The van der Waals surface area contributed by atoms with Crippen molar-refractivity contribution in [2.24, 2.45) is 5.92 Å². The first-order chi connectivity index (χ1) is 14.1. The Labute approximate surface area is 170 Å². The molecule has 1 aliphatic carbocycles. The summed E-state index contributed by atoms with van der Waals surface area (Å²) in [7, 11) is 0.